The number of carbonyl (C=O) groups is 1. The molecule has 0 aromatic heterocycles. The third-order valence-electron chi connectivity index (χ3n) is 5.87. The molecule has 3 aromatic carbocycles. The van der Waals surface area contributed by atoms with Crippen molar-refractivity contribution in [3.63, 3.8) is 0 Å². The van der Waals surface area contributed by atoms with Gasteiger partial charge < -0.3 is 0 Å². The van der Waals surface area contributed by atoms with E-state index in [4.69, 9.17) is 4.99 Å². The molecule has 1 saturated heterocycles. The zero-order valence-corrected chi connectivity index (χ0v) is 17.6. The maximum absolute atomic E-state index is 13.5. The summed E-state index contributed by atoms with van der Waals surface area (Å²) in [6.45, 7) is 0. The van der Waals surface area contributed by atoms with Crippen molar-refractivity contribution in [2.45, 2.75) is 38.1 Å². The van der Waals surface area contributed by atoms with Crippen LogP contribution >= 0.6 is 11.8 Å². The SMILES string of the molecule is O=C1C(=Cc2cccc3ccccc23)SC(=Nc2ccccc2)N1C1CCCCC1. The molecule has 2 fully saturated rings. The Kier molecular flexibility index (Phi) is 5.41. The first-order chi connectivity index (χ1) is 14.8. The monoisotopic (exact) mass is 412 g/mol. The fourth-order valence-electron chi connectivity index (χ4n) is 4.36. The van der Waals surface area contributed by atoms with E-state index < -0.39 is 0 Å². The van der Waals surface area contributed by atoms with Gasteiger partial charge in [-0.3, -0.25) is 9.69 Å². The molecule has 4 heteroatoms. The van der Waals surface area contributed by atoms with Gasteiger partial charge in [-0.15, -0.1) is 0 Å². The number of fused-ring (bicyclic) bond motifs is 1. The molecule has 3 nitrogen and oxygen atoms in total. The second-order valence-corrected chi connectivity index (χ2v) is 8.89. The maximum Gasteiger partial charge on any atom is 0.267 e. The molecule has 5 rings (SSSR count). The third kappa shape index (κ3) is 3.80. The van der Waals surface area contributed by atoms with Crippen LogP contribution in [0.4, 0.5) is 5.69 Å². The van der Waals surface area contributed by atoms with Crippen molar-refractivity contribution in [3.05, 3.63) is 83.3 Å². The lowest BCUT2D eigenvalue weighted by molar-refractivity contribution is -0.124. The smallest absolute Gasteiger partial charge is 0.267 e. The van der Waals surface area contributed by atoms with E-state index >= 15 is 0 Å². The number of hydrogen-bond donors (Lipinski definition) is 0. The molecule has 1 aliphatic heterocycles. The van der Waals surface area contributed by atoms with Gasteiger partial charge in [-0.1, -0.05) is 79.9 Å². The first-order valence-electron chi connectivity index (χ1n) is 10.6. The molecule has 0 atom stereocenters. The Hall–Kier alpha value is -2.85. The number of para-hydroxylation sites is 1. The summed E-state index contributed by atoms with van der Waals surface area (Å²) in [6.07, 6.45) is 7.78. The summed E-state index contributed by atoms with van der Waals surface area (Å²) in [5, 5.41) is 3.16. The van der Waals surface area contributed by atoms with Gasteiger partial charge in [-0.25, -0.2) is 4.99 Å². The highest BCUT2D eigenvalue weighted by Gasteiger charge is 2.38. The number of benzene rings is 3. The number of aliphatic imine (C=N–C) groups is 1. The van der Waals surface area contributed by atoms with Crippen LogP contribution < -0.4 is 0 Å². The van der Waals surface area contributed by atoms with E-state index in [-0.39, 0.29) is 11.9 Å². The Balaban J connectivity index is 1.56. The molecule has 150 valence electrons. The van der Waals surface area contributed by atoms with E-state index in [1.807, 2.05) is 53.4 Å². The molecule has 30 heavy (non-hydrogen) atoms. The molecule has 0 radical (unpaired) electrons. The fourth-order valence-corrected chi connectivity index (χ4v) is 5.41. The minimum atomic E-state index is 0.0921. The Labute approximate surface area is 181 Å². The second kappa shape index (κ2) is 8.49. The highest BCUT2D eigenvalue weighted by Crippen LogP contribution is 2.39. The van der Waals surface area contributed by atoms with Crippen LogP contribution in [0.15, 0.2) is 82.7 Å². The minimum Gasteiger partial charge on any atom is -0.283 e. The highest BCUT2D eigenvalue weighted by atomic mass is 32.2. The predicted octanol–water partition coefficient (Wildman–Crippen LogP) is 6.78. The van der Waals surface area contributed by atoms with Gasteiger partial charge in [0.15, 0.2) is 5.17 Å². The van der Waals surface area contributed by atoms with Gasteiger partial charge in [-0.05, 0) is 59.1 Å². The van der Waals surface area contributed by atoms with E-state index in [0.717, 1.165) is 34.2 Å². The number of amides is 1. The molecular formula is C26H24N2OS. The van der Waals surface area contributed by atoms with Gasteiger partial charge in [0.2, 0.25) is 0 Å². The van der Waals surface area contributed by atoms with E-state index in [2.05, 4.69) is 30.3 Å². The summed E-state index contributed by atoms with van der Waals surface area (Å²) >= 11 is 1.51. The summed E-state index contributed by atoms with van der Waals surface area (Å²) < 4.78 is 0. The molecule has 3 aromatic rings. The molecule has 0 unspecified atom stereocenters. The average molecular weight is 413 g/mol. The first-order valence-corrected chi connectivity index (χ1v) is 11.5. The van der Waals surface area contributed by atoms with E-state index in [1.54, 1.807) is 0 Å². The van der Waals surface area contributed by atoms with Gasteiger partial charge in [0.05, 0.1) is 10.6 Å². The topological polar surface area (TPSA) is 32.7 Å². The lowest BCUT2D eigenvalue weighted by atomic mass is 9.94. The molecule has 0 spiro atoms. The van der Waals surface area contributed by atoms with Crippen molar-refractivity contribution >= 4 is 45.4 Å². The van der Waals surface area contributed by atoms with E-state index in [0.29, 0.717) is 0 Å². The largest absolute Gasteiger partial charge is 0.283 e. The number of carbonyl (C=O) groups excluding carboxylic acids is 1. The zero-order chi connectivity index (χ0) is 20.3. The lowest BCUT2D eigenvalue weighted by Gasteiger charge is -2.30. The normalized spacial score (nSPS) is 20.5. The average Bonchev–Trinajstić information content (AvgIpc) is 3.10. The Morgan fingerprint density at radius 2 is 1.60 bits per heavy atom. The van der Waals surface area contributed by atoms with Crippen molar-refractivity contribution in [2.24, 2.45) is 4.99 Å². The predicted molar refractivity (Wildman–Crippen MR) is 127 cm³/mol. The van der Waals surface area contributed by atoms with Crippen molar-refractivity contribution in [1.29, 1.82) is 0 Å². The second-order valence-electron chi connectivity index (χ2n) is 7.88. The standard InChI is InChI=1S/C26H24N2OS/c29-25-24(18-20-12-9-11-19-10-7-8-17-23(19)20)30-26(27-21-13-3-1-4-14-21)28(25)22-15-5-2-6-16-22/h1,3-4,7-14,17-18,22H,2,5-6,15-16H2. The first kappa shape index (κ1) is 19.1. The maximum atomic E-state index is 13.5. The molecule has 2 aliphatic rings. The summed E-state index contributed by atoms with van der Waals surface area (Å²) in [6, 6.07) is 24.7. The molecular weight excluding hydrogens is 388 g/mol. The van der Waals surface area contributed by atoms with Crippen molar-refractivity contribution < 1.29 is 4.79 Å². The van der Waals surface area contributed by atoms with Crippen LogP contribution in [0.2, 0.25) is 0 Å². The summed E-state index contributed by atoms with van der Waals surface area (Å²) in [5.74, 6) is 0.0921. The molecule has 0 N–H and O–H groups in total. The van der Waals surface area contributed by atoms with E-state index in [9.17, 15) is 4.79 Å². The van der Waals surface area contributed by atoms with Gasteiger partial charge in [0.25, 0.3) is 5.91 Å². The number of nitrogens with zero attached hydrogens (tertiary/aromatic N) is 2. The van der Waals surface area contributed by atoms with Crippen molar-refractivity contribution in [1.82, 2.24) is 4.90 Å². The van der Waals surface area contributed by atoms with Crippen LogP contribution in [0.5, 0.6) is 0 Å². The van der Waals surface area contributed by atoms with Crippen molar-refractivity contribution in [2.75, 3.05) is 0 Å². The third-order valence-corrected chi connectivity index (χ3v) is 6.85. The summed E-state index contributed by atoms with van der Waals surface area (Å²) in [7, 11) is 0. The van der Waals surface area contributed by atoms with Crippen LogP contribution in [-0.2, 0) is 4.79 Å². The molecule has 1 saturated carbocycles. The molecule has 1 amide bonds. The zero-order valence-electron chi connectivity index (χ0n) is 16.8. The van der Waals surface area contributed by atoms with Crippen LogP contribution in [0, 0.1) is 0 Å². The minimum absolute atomic E-state index is 0.0921. The Bertz CT molecular complexity index is 1120. The summed E-state index contributed by atoms with van der Waals surface area (Å²) in [5.41, 5.74) is 1.97. The van der Waals surface area contributed by atoms with Crippen LogP contribution in [0.25, 0.3) is 16.8 Å². The van der Waals surface area contributed by atoms with Crippen LogP contribution in [0.1, 0.15) is 37.7 Å². The quantitative estimate of drug-likeness (QED) is 0.444. The van der Waals surface area contributed by atoms with Crippen LogP contribution in [0.3, 0.4) is 0 Å². The molecule has 1 heterocycles. The van der Waals surface area contributed by atoms with Gasteiger partial charge >= 0.3 is 0 Å². The number of thioether (sulfide) groups is 1. The lowest BCUT2D eigenvalue weighted by Crippen LogP contribution is -2.40. The van der Waals surface area contributed by atoms with Crippen LogP contribution in [-0.4, -0.2) is 22.0 Å². The van der Waals surface area contributed by atoms with E-state index in [1.165, 1.54) is 41.8 Å². The number of rotatable bonds is 3. The van der Waals surface area contributed by atoms with Gasteiger partial charge in [0.1, 0.15) is 0 Å². The Morgan fingerprint density at radius 3 is 2.43 bits per heavy atom. The molecule has 1 aliphatic carbocycles. The highest BCUT2D eigenvalue weighted by molar-refractivity contribution is 8.18. The van der Waals surface area contributed by atoms with Crippen molar-refractivity contribution in [3.8, 4) is 0 Å². The van der Waals surface area contributed by atoms with Gasteiger partial charge in [-0.2, -0.15) is 0 Å². The van der Waals surface area contributed by atoms with Gasteiger partial charge in [0, 0.05) is 6.04 Å². The number of amidine groups is 1. The Morgan fingerprint density at radius 1 is 0.867 bits per heavy atom. The number of hydrogen-bond acceptors (Lipinski definition) is 3. The fraction of sp³-hybridized carbons (Fsp3) is 0.231. The summed E-state index contributed by atoms with van der Waals surface area (Å²) in [4.78, 5) is 21.1. The molecule has 0 bridgehead atoms.